The molecule has 0 spiro atoms. The van der Waals surface area contributed by atoms with Gasteiger partial charge in [-0.05, 0) is 36.8 Å². The molecule has 0 amide bonds. The molecule has 1 heterocycles. The Hall–Kier alpha value is -2.76. The topological polar surface area (TPSA) is 68.0 Å². The standard InChI is InChI=1S/C15H12FN3O2/c1-9(10-4-2-5-11(16)8-10)19-13-7-3-6-12(15(20)21)14(13)17-18-19/h2-9H,1H3,(H,20,21). The van der Waals surface area contributed by atoms with Crippen molar-refractivity contribution in [1.82, 2.24) is 15.0 Å². The Morgan fingerprint density at radius 3 is 2.76 bits per heavy atom. The van der Waals surface area contributed by atoms with Crippen LogP contribution in [0.3, 0.4) is 0 Å². The highest BCUT2D eigenvalue weighted by molar-refractivity contribution is 6.00. The molecule has 3 aromatic rings. The molecule has 6 heteroatoms. The van der Waals surface area contributed by atoms with Crippen LogP contribution >= 0.6 is 0 Å². The predicted molar refractivity (Wildman–Crippen MR) is 74.7 cm³/mol. The third-order valence-electron chi connectivity index (χ3n) is 3.43. The maximum Gasteiger partial charge on any atom is 0.338 e. The molecule has 0 saturated carbocycles. The molecule has 0 aliphatic heterocycles. The first-order valence-corrected chi connectivity index (χ1v) is 6.40. The van der Waals surface area contributed by atoms with Crippen LogP contribution in [0.2, 0.25) is 0 Å². The second-order valence-corrected chi connectivity index (χ2v) is 4.74. The number of fused-ring (bicyclic) bond motifs is 1. The summed E-state index contributed by atoms with van der Waals surface area (Å²) in [6, 6.07) is 10.8. The van der Waals surface area contributed by atoms with E-state index in [4.69, 9.17) is 5.11 Å². The average Bonchev–Trinajstić information content (AvgIpc) is 2.90. The third-order valence-corrected chi connectivity index (χ3v) is 3.43. The molecular weight excluding hydrogens is 273 g/mol. The normalized spacial score (nSPS) is 12.5. The zero-order valence-corrected chi connectivity index (χ0v) is 11.2. The quantitative estimate of drug-likeness (QED) is 0.803. The van der Waals surface area contributed by atoms with E-state index in [9.17, 15) is 9.18 Å². The fraction of sp³-hybridized carbons (Fsp3) is 0.133. The van der Waals surface area contributed by atoms with E-state index in [1.807, 2.05) is 6.92 Å². The third kappa shape index (κ3) is 2.24. The van der Waals surface area contributed by atoms with E-state index in [0.717, 1.165) is 5.56 Å². The number of aromatic nitrogens is 3. The Balaban J connectivity index is 2.13. The first-order valence-electron chi connectivity index (χ1n) is 6.40. The van der Waals surface area contributed by atoms with Gasteiger partial charge in [-0.1, -0.05) is 23.4 Å². The minimum atomic E-state index is -1.05. The smallest absolute Gasteiger partial charge is 0.338 e. The molecule has 21 heavy (non-hydrogen) atoms. The van der Waals surface area contributed by atoms with Crippen molar-refractivity contribution in [3.8, 4) is 0 Å². The lowest BCUT2D eigenvalue weighted by Gasteiger charge is -2.13. The molecule has 1 atom stereocenters. The van der Waals surface area contributed by atoms with Gasteiger partial charge in [0.2, 0.25) is 0 Å². The average molecular weight is 285 g/mol. The number of halogens is 1. The van der Waals surface area contributed by atoms with Crippen molar-refractivity contribution < 1.29 is 14.3 Å². The highest BCUT2D eigenvalue weighted by Crippen LogP contribution is 2.24. The summed E-state index contributed by atoms with van der Waals surface area (Å²) in [5.41, 5.74) is 1.77. The van der Waals surface area contributed by atoms with Crippen LogP contribution in [0, 0.1) is 5.82 Å². The molecule has 2 aromatic carbocycles. The molecule has 0 radical (unpaired) electrons. The SMILES string of the molecule is CC(c1cccc(F)c1)n1nnc2c(C(=O)O)cccc21. The zero-order valence-electron chi connectivity index (χ0n) is 11.2. The van der Waals surface area contributed by atoms with Gasteiger partial charge in [0.05, 0.1) is 17.1 Å². The minimum Gasteiger partial charge on any atom is -0.478 e. The maximum absolute atomic E-state index is 13.3. The summed E-state index contributed by atoms with van der Waals surface area (Å²) in [5, 5.41) is 17.1. The van der Waals surface area contributed by atoms with Gasteiger partial charge < -0.3 is 5.11 Å². The number of aromatic carboxylic acids is 1. The van der Waals surface area contributed by atoms with Crippen molar-refractivity contribution in [2.24, 2.45) is 0 Å². The largest absolute Gasteiger partial charge is 0.478 e. The highest BCUT2D eigenvalue weighted by atomic mass is 19.1. The van der Waals surface area contributed by atoms with Gasteiger partial charge in [-0.25, -0.2) is 13.9 Å². The number of rotatable bonds is 3. The molecule has 0 aliphatic carbocycles. The number of nitrogens with zero attached hydrogens (tertiary/aromatic N) is 3. The van der Waals surface area contributed by atoms with Crippen molar-refractivity contribution in [2.45, 2.75) is 13.0 Å². The molecule has 0 saturated heterocycles. The van der Waals surface area contributed by atoms with Crippen molar-refractivity contribution in [3.63, 3.8) is 0 Å². The van der Waals surface area contributed by atoms with Crippen LogP contribution in [0.5, 0.6) is 0 Å². The second kappa shape index (κ2) is 4.97. The second-order valence-electron chi connectivity index (χ2n) is 4.74. The first-order chi connectivity index (χ1) is 10.1. The molecule has 5 nitrogen and oxygen atoms in total. The van der Waals surface area contributed by atoms with Gasteiger partial charge in [-0.15, -0.1) is 5.10 Å². The first kappa shape index (κ1) is 13.2. The molecule has 1 unspecified atom stereocenters. The fourth-order valence-corrected chi connectivity index (χ4v) is 2.33. The van der Waals surface area contributed by atoms with E-state index >= 15 is 0 Å². The monoisotopic (exact) mass is 285 g/mol. The van der Waals surface area contributed by atoms with Gasteiger partial charge in [0, 0.05) is 0 Å². The molecule has 1 aromatic heterocycles. The van der Waals surface area contributed by atoms with E-state index in [-0.39, 0.29) is 17.4 Å². The van der Waals surface area contributed by atoms with Gasteiger partial charge in [0.15, 0.2) is 0 Å². The van der Waals surface area contributed by atoms with Crippen LogP contribution in [0.4, 0.5) is 4.39 Å². The lowest BCUT2D eigenvalue weighted by Crippen LogP contribution is -2.09. The summed E-state index contributed by atoms with van der Waals surface area (Å²) < 4.78 is 14.9. The minimum absolute atomic E-state index is 0.102. The molecule has 0 aliphatic rings. The Morgan fingerprint density at radius 2 is 2.05 bits per heavy atom. The number of hydrogen-bond acceptors (Lipinski definition) is 3. The molecule has 106 valence electrons. The van der Waals surface area contributed by atoms with Crippen LogP contribution in [-0.4, -0.2) is 26.1 Å². The van der Waals surface area contributed by atoms with E-state index in [0.29, 0.717) is 11.0 Å². The zero-order chi connectivity index (χ0) is 15.0. The van der Waals surface area contributed by atoms with Crippen LogP contribution < -0.4 is 0 Å². The van der Waals surface area contributed by atoms with Gasteiger partial charge in [-0.3, -0.25) is 0 Å². The van der Waals surface area contributed by atoms with Crippen LogP contribution in [0.1, 0.15) is 28.9 Å². The number of carboxylic acid groups (broad SMARTS) is 1. The van der Waals surface area contributed by atoms with Crippen molar-refractivity contribution in [3.05, 3.63) is 59.4 Å². The van der Waals surface area contributed by atoms with Crippen molar-refractivity contribution in [1.29, 1.82) is 0 Å². The predicted octanol–water partition coefficient (Wildman–Crippen LogP) is 2.88. The van der Waals surface area contributed by atoms with Crippen LogP contribution in [0.15, 0.2) is 42.5 Å². The molecule has 0 bridgehead atoms. The van der Waals surface area contributed by atoms with Crippen molar-refractivity contribution in [2.75, 3.05) is 0 Å². The van der Waals surface area contributed by atoms with Crippen molar-refractivity contribution >= 4 is 17.0 Å². The number of carboxylic acids is 1. The van der Waals surface area contributed by atoms with Crippen LogP contribution in [0.25, 0.3) is 11.0 Å². The van der Waals surface area contributed by atoms with Gasteiger partial charge in [0.1, 0.15) is 11.3 Å². The van der Waals surface area contributed by atoms with Gasteiger partial charge >= 0.3 is 5.97 Å². The summed E-state index contributed by atoms with van der Waals surface area (Å²) in [5.74, 6) is -1.37. The molecule has 1 N–H and O–H groups in total. The maximum atomic E-state index is 13.3. The van der Waals surface area contributed by atoms with E-state index < -0.39 is 5.97 Å². The lowest BCUT2D eigenvalue weighted by molar-refractivity contribution is 0.0699. The summed E-state index contributed by atoms with van der Waals surface area (Å²) >= 11 is 0. The van der Waals surface area contributed by atoms with E-state index in [1.54, 1.807) is 28.9 Å². The summed E-state index contributed by atoms with van der Waals surface area (Å²) in [6.07, 6.45) is 0. The summed E-state index contributed by atoms with van der Waals surface area (Å²) in [6.45, 7) is 1.86. The number of hydrogen-bond donors (Lipinski definition) is 1. The number of carbonyl (C=O) groups is 1. The number of benzene rings is 2. The fourth-order valence-electron chi connectivity index (χ4n) is 2.33. The van der Waals surface area contributed by atoms with Crippen LogP contribution in [-0.2, 0) is 0 Å². The Kier molecular flexibility index (Phi) is 3.13. The Morgan fingerprint density at radius 1 is 1.29 bits per heavy atom. The van der Waals surface area contributed by atoms with E-state index in [2.05, 4.69) is 10.3 Å². The molecular formula is C15H12FN3O2. The Labute approximate surface area is 119 Å². The van der Waals surface area contributed by atoms with Gasteiger partial charge in [-0.2, -0.15) is 0 Å². The molecule has 3 rings (SSSR count). The Bertz CT molecular complexity index is 829. The molecule has 0 fully saturated rings. The summed E-state index contributed by atoms with van der Waals surface area (Å²) in [7, 11) is 0. The highest BCUT2D eigenvalue weighted by Gasteiger charge is 2.17. The lowest BCUT2D eigenvalue weighted by atomic mass is 10.1. The summed E-state index contributed by atoms with van der Waals surface area (Å²) in [4.78, 5) is 11.2. The van der Waals surface area contributed by atoms with E-state index in [1.165, 1.54) is 18.2 Å². The van der Waals surface area contributed by atoms with Gasteiger partial charge in [0.25, 0.3) is 0 Å².